The molecule has 1 unspecified atom stereocenters. The maximum atomic E-state index is 12.2. The van der Waals surface area contributed by atoms with Crippen molar-refractivity contribution in [3.8, 4) is 11.5 Å². The second kappa shape index (κ2) is 5.87. The summed E-state index contributed by atoms with van der Waals surface area (Å²) in [6.07, 6.45) is 0. The highest BCUT2D eigenvalue weighted by Crippen LogP contribution is 2.27. The summed E-state index contributed by atoms with van der Waals surface area (Å²) in [5, 5.41) is 16.4. The Balaban J connectivity index is 2.16. The zero-order chi connectivity index (χ0) is 15.6. The van der Waals surface area contributed by atoms with Crippen LogP contribution in [0.15, 0.2) is 22.7 Å². The third kappa shape index (κ3) is 2.99. The lowest BCUT2D eigenvalue weighted by Gasteiger charge is -2.14. The predicted molar refractivity (Wildman–Crippen MR) is 76.5 cm³/mol. The molecule has 0 aliphatic rings. The van der Waals surface area contributed by atoms with Crippen LogP contribution in [0.5, 0.6) is 11.5 Å². The fourth-order valence-electron chi connectivity index (χ4n) is 2.29. The quantitative estimate of drug-likeness (QED) is 0.903. The summed E-state index contributed by atoms with van der Waals surface area (Å²) >= 11 is 0. The van der Waals surface area contributed by atoms with Crippen molar-refractivity contribution in [2.45, 2.75) is 26.8 Å². The smallest absolute Gasteiger partial charge is 0.251 e. The average Bonchev–Trinajstić information content (AvgIpc) is 2.77. The van der Waals surface area contributed by atoms with Crippen molar-refractivity contribution >= 4 is 5.91 Å². The van der Waals surface area contributed by atoms with Crippen molar-refractivity contribution in [3.63, 3.8) is 0 Å². The van der Waals surface area contributed by atoms with E-state index in [9.17, 15) is 9.90 Å². The molecule has 2 rings (SSSR count). The minimum atomic E-state index is -0.291. The molecule has 1 aromatic carbocycles. The van der Waals surface area contributed by atoms with Crippen molar-refractivity contribution in [1.29, 1.82) is 0 Å². The van der Waals surface area contributed by atoms with E-state index in [2.05, 4.69) is 10.5 Å². The lowest BCUT2D eigenvalue weighted by Crippen LogP contribution is -2.27. The molecule has 1 aromatic heterocycles. The fourth-order valence-corrected chi connectivity index (χ4v) is 2.29. The van der Waals surface area contributed by atoms with Crippen molar-refractivity contribution < 1.29 is 19.2 Å². The zero-order valence-corrected chi connectivity index (χ0v) is 12.4. The van der Waals surface area contributed by atoms with Gasteiger partial charge in [0.15, 0.2) is 11.5 Å². The van der Waals surface area contributed by atoms with E-state index in [4.69, 9.17) is 9.26 Å². The number of carbonyl (C=O) groups excluding carboxylic acids is 1. The Morgan fingerprint density at radius 1 is 1.43 bits per heavy atom. The summed E-state index contributed by atoms with van der Waals surface area (Å²) in [6.45, 7) is 5.48. The van der Waals surface area contributed by atoms with Gasteiger partial charge in [0.1, 0.15) is 5.76 Å². The molecule has 0 spiro atoms. The monoisotopic (exact) mass is 290 g/mol. The lowest BCUT2D eigenvalue weighted by atomic mass is 10.1. The Morgan fingerprint density at radius 3 is 2.67 bits per heavy atom. The molecular weight excluding hydrogens is 272 g/mol. The number of hydrogen-bond donors (Lipinski definition) is 2. The maximum absolute atomic E-state index is 12.2. The van der Waals surface area contributed by atoms with E-state index in [1.807, 2.05) is 13.8 Å². The number of nitrogens with zero attached hydrogens (tertiary/aromatic N) is 1. The highest BCUT2D eigenvalue weighted by atomic mass is 16.5. The van der Waals surface area contributed by atoms with Gasteiger partial charge in [0, 0.05) is 11.1 Å². The van der Waals surface area contributed by atoms with Crippen molar-refractivity contribution in [3.05, 3.63) is 40.8 Å². The van der Waals surface area contributed by atoms with Crippen LogP contribution in [0.3, 0.4) is 0 Å². The van der Waals surface area contributed by atoms with Gasteiger partial charge in [-0.1, -0.05) is 5.16 Å². The van der Waals surface area contributed by atoms with Crippen molar-refractivity contribution in [2.75, 3.05) is 7.11 Å². The first kappa shape index (κ1) is 14.9. The molecule has 0 saturated heterocycles. The average molecular weight is 290 g/mol. The van der Waals surface area contributed by atoms with Crippen LogP contribution in [0, 0.1) is 13.8 Å². The Morgan fingerprint density at radius 2 is 2.14 bits per heavy atom. The Hall–Kier alpha value is -2.50. The van der Waals surface area contributed by atoms with Gasteiger partial charge in [-0.05, 0) is 39.0 Å². The number of phenolic OH excluding ortho intramolecular Hbond substituents is 1. The first-order chi connectivity index (χ1) is 9.93. The SMILES string of the molecule is COc1ccc(C(=O)NC(C)c2c(C)noc2C)cc1O. The molecule has 21 heavy (non-hydrogen) atoms. The molecule has 0 bridgehead atoms. The van der Waals surface area contributed by atoms with E-state index in [1.165, 1.54) is 13.2 Å². The van der Waals surface area contributed by atoms with Crippen LogP contribution in [-0.2, 0) is 0 Å². The summed E-state index contributed by atoms with van der Waals surface area (Å²) in [6, 6.07) is 4.26. The Labute approximate surface area is 122 Å². The number of amides is 1. The van der Waals surface area contributed by atoms with Crippen LogP contribution in [-0.4, -0.2) is 23.3 Å². The number of aryl methyl sites for hydroxylation is 2. The number of nitrogens with one attached hydrogen (secondary N) is 1. The molecule has 2 N–H and O–H groups in total. The van der Waals surface area contributed by atoms with Gasteiger partial charge in [-0.2, -0.15) is 0 Å². The minimum absolute atomic E-state index is 0.0739. The van der Waals surface area contributed by atoms with Crippen LogP contribution >= 0.6 is 0 Å². The highest BCUT2D eigenvalue weighted by molar-refractivity contribution is 5.95. The summed E-state index contributed by atoms with van der Waals surface area (Å²) in [4.78, 5) is 12.2. The zero-order valence-electron chi connectivity index (χ0n) is 12.4. The molecular formula is C15H18N2O4. The maximum Gasteiger partial charge on any atom is 0.251 e. The van der Waals surface area contributed by atoms with E-state index in [-0.39, 0.29) is 17.7 Å². The molecule has 0 radical (unpaired) electrons. The topological polar surface area (TPSA) is 84.6 Å². The van der Waals surface area contributed by atoms with E-state index in [0.717, 1.165) is 11.3 Å². The predicted octanol–water partition coefficient (Wildman–Crippen LogP) is 2.50. The molecule has 0 aliphatic heterocycles. The summed E-state index contributed by atoms with van der Waals surface area (Å²) in [5.74, 6) is 0.638. The Kier molecular flexibility index (Phi) is 4.16. The number of rotatable bonds is 4. The summed E-state index contributed by atoms with van der Waals surface area (Å²) < 4.78 is 10.0. The third-order valence-corrected chi connectivity index (χ3v) is 3.31. The van der Waals surface area contributed by atoms with Crippen LogP contribution in [0.2, 0.25) is 0 Å². The Bertz CT molecular complexity index is 644. The van der Waals surface area contributed by atoms with Gasteiger partial charge in [-0.25, -0.2) is 0 Å². The van der Waals surface area contributed by atoms with E-state index < -0.39 is 0 Å². The number of hydrogen-bond acceptors (Lipinski definition) is 5. The van der Waals surface area contributed by atoms with Gasteiger partial charge >= 0.3 is 0 Å². The van der Waals surface area contributed by atoms with Crippen molar-refractivity contribution in [1.82, 2.24) is 10.5 Å². The van der Waals surface area contributed by atoms with Crippen molar-refractivity contribution in [2.24, 2.45) is 0 Å². The minimum Gasteiger partial charge on any atom is -0.504 e. The molecule has 1 amide bonds. The van der Waals surface area contributed by atoms with Crippen LogP contribution in [0.25, 0.3) is 0 Å². The molecule has 2 aromatic rings. The molecule has 112 valence electrons. The number of aromatic hydroxyl groups is 1. The highest BCUT2D eigenvalue weighted by Gasteiger charge is 2.19. The number of ether oxygens (including phenoxy) is 1. The van der Waals surface area contributed by atoms with E-state index in [1.54, 1.807) is 19.1 Å². The number of phenols is 1. The van der Waals surface area contributed by atoms with Crippen LogP contribution < -0.4 is 10.1 Å². The first-order valence-electron chi connectivity index (χ1n) is 6.54. The molecule has 6 heteroatoms. The molecule has 0 fully saturated rings. The van der Waals surface area contributed by atoms with E-state index in [0.29, 0.717) is 17.1 Å². The summed E-state index contributed by atoms with van der Waals surface area (Å²) in [7, 11) is 1.45. The second-order valence-electron chi connectivity index (χ2n) is 4.82. The second-order valence-corrected chi connectivity index (χ2v) is 4.82. The van der Waals surface area contributed by atoms with Gasteiger partial charge in [0.2, 0.25) is 0 Å². The molecule has 0 saturated carbocycles. The molecule has 1 atom stereocenters. The van der Waals surface area contributed by atoms with Gasteiger partial charge in [0.05, 0.1) is 18.8 Å². The molecule has 1 heterocycles. The van der Waals surface area contributed by atoms with Gasteiger partial charge in [-0.3, -0.25) is 4.79 Å². The van der Waals surface area contributed by atoms with Gasteiger partial charge in [-0.15, -0.1) is 0 Å². The lowest BCUT2D eigenvalue weighted by molar-refractivity contribution is 0.0939. The third-order valence-electron chi connectivity index (χ3n) is 3.31. The number of carbonyl (C=O) groups is 1. The largest absolute Gasteiger partial charge is 0.504 e. The standard InChI is InChI=1S/C15H18N2O4/c1-8(14-9(2)17-21-10(14)3)16-15(19)11-5-6-13(20-4)12(18)7-11/h5-8,18H,1-4H3,(H,16,19). The normalized spacial score (nSPS) is 12.0. The van der Waals surface area contributed by atoms with Gasteiger partial charge in [0.25, 0.3) is 5.91 Å². The van der Waals surface area contributed by atoms with Crippen LogP contribution in [0.4, 0.5) is 0 Å². The van der Waals surface area contributed by atoms with Crippen LogP contribution in [0.1, 0.15) is 40.3 Å². The number of benzene rings is 1. The molecule has 0 aliphatic carbocycles. The van der Waals surface area contributed by atoms with Gasteiger partial charge < -0.3 is 19.7 Å². The number of aromatic nitrogens is 1. The fraction of sp³-hybridized carbons (Fsp3) is 0.333. The first-order valence-corrected chi connectivity index (χ1v) is 6.54. The van der Waals surface area contributed by atoms with E-state index >= 15 is 0 Å². The molecule has 6 nitrogen and oxygen atoms in total. The number of methoxy groups -OCH3 is 1. The summed E-state index contributed by atoms with van der Waals surface area (Å²) in [5.41, 5.74) is 1.96.